The monoisotopic (exact) mass is 221 g/mol. The van der Waals surface area contributed by atoms with Crippen molar-refractivity contribution >= 4 is 5.69 Å². The number of aliphatic hydroxyl groups excluding tert-OH is 1. The molecule has 1 N–H and O–H groups in total. The predicted octanol–water partition coefficient (Wildman–Crippen LogP) is 1.58. The molecule has 1 heterocycles. The summed E-state index contributed by atoms with van der Waals surface area (Å²) in [5, 5.41) is 8.72. The number of anilines is 1. The van der Waals surface area contributed by atoms with Crippen LogP contribution in [0.4, 0.5) is 5.69 Å². The first-order chi connectivity index (χ1) is 7.81. The number of ether oxygens (including phenoxy) is 1. The van der Waals surface area contributed by atoms with Crippen LogP contribution >= 0.6 is 0 Å². The highest BCUT2D eigenvalue weighted by molar-refractivity contribution is 5.53. The second-order valence-corrected chi connectivity index (χ2v) is 4.24. The molecule has 0 saturated carbocycles. The van der Waals surface area contributed by atoms with Gasteiger partial charge in [-0.2, -0.15) is 0 Å². The SMILES string of the molecule is Cc1ccccc1N1CCC(OCCO)C1. The molecule has 1 unspecified atom stereocenters. The molecule has 2 rings (SSSR count). The van der Waals surface area contributed by atoms with Crippen LogP contribution in [0.2, 0.25) is 0 Å². The number of aliphatic hydroxyl groups is 1. The van der Waals surface area contributed by atoms with Crippen molar-refractivity contribution < 1.29 is 9.84 Å². The molecule has 3 nitrogen and oxygen atoms in total. The van der Waals surface area contributed by atoms with Crippen molar-refractivity contribution in [3.63, 3.8) is 0 Å². The molecule has 1 aliphatic heterocycles. The summed E-state index contributed by atoms with van der Waals surface area (Å²) >= 11 is 0. The molecule has 0 spiro atoms. The fourth-order valence-corrected chi connectivity index (χ4v) is 2.22. The van der Waals surface area contributed by atoms with Gasteiger partial charge in [0.15, 0.2) is 0 Å². The average Bonchev–Trinajstić information content (AvgIpc) is 2.75. The first-order valence-electron chi connectivity index (χ1n) is 5.84. The summed E-state index contributed by atoms with van der Waals surface area (Å²) in [6.07, 6.45) is 1.32. The van der Waals surface area contributed by atoms with E-state index in [0.717, 1.165) is 19.5 Å². The maximum absolute atomic E-state index is 8.72. The molecule has 1 aromatic rings. The molecule has 0 radical (unpaired) electrons. The Labute approximate surface area is 96.6 Å². The van der Waals surface area contributed by atoms with Crippen LogP contribution in [0.5, 0.6) is 0 Å². The number of hydrogen-bond acceptors (Lipinski definition) is 3. The molecule has 16 heavy (non-hydrogen) atoms. The lowest BCUT2D eigenvalue weighted by atomic mass is 10.2. The Hall–Kier alpha value is -1.06. The van der Waals surface area contributed by atoms with Gasteiger partial charge in [0, 0.05) is 18.8 Å². The molecule has 88 valence electrons. The van der Waals surface area contributed by atoms with Crippen LogP contribution < -0.4 is 4.90 Å². The van der Waals surface area contributed by atoms with Gasteiger partial charge in [-0.05, 0) is 25.0 Å². The molecule has 3 heteroatoms. The Balaban J connectivity index is 1.96. The van der Waals surface area contributed by atoms with Crippen LogP contribution in [0.25, 0.3) is 0 Å². The van der Waals surface area contributed by atoms with Crippen molar-refractivity contribution in [2.75, 3.05) is 31.2 Å². The Morgan fingerprint density at radius 2 is 2.25 bits per heavy atom. The Morgan fingerprint density at radius 1 is 1.44 bits per heavy atom. The van der Waals surface area contributed by atoms with Crippen molar-refractivity contribution in [3.05, 3.63) is 29.8 Å². The number of aryl methyl sites for hydroxylation is 1. The van der Waals surface area contributed by atoms with Crippen LogP contribution in [0.15, 0.2) is 24.3 Å². The molecular formula is C13H19NO2. The van der Waals surface area contributed by atoms with E-state index in [1.807, 2.05) is 0 Å². The molecule has 1 atom stereocenters. The lowest BCUT2D eigenvalue weighted by molar-refractivity contribution is 0.0411. The van der Waals surface area contributed by atoms with Gasteiger partial charge in [0.1, 0.15) is 0 Å². The van der Waals surface area contributed by atoms with Gasteiger partial charge in [0.2, 0.25) is 0 Å². The Bertz CT molecular complexity index is 340. The summed E-state index contributed by atoms with van der Waals surface area (Å²) in [6.45, 7) is 4.68. The maximum atomic E-state index is 8.72. The van der Waals surface area contributed by atoms with Gasteiger partial charge >= 0.3 is 0 Å². The minimum absolute atomic E-state index is 0.112. The van der Waals surface area contributed by atoms with Crippen molar-refractivity contribution in [1.29, 1.82) is 0 Å². The normalized spacial score (nSPS) is 20.4. The fraction of sp³-hybridized carbons (Fsp3) is 0.538. The average molecular weight is 221 g/mol. The lowest BCUT2D eigenvalue weighted by Crippen LogP contribution is -2.24. The minimum Gasteiger partial charge on any atom is -0.394 e. The molecule has 1 saturated heterocycles. The largest absolute Gasteiger partial charge is 0.394 e. The van der Waals surface area contributed by atoms with Gasteiger partial charge in [0.25, 0.3) is 0 Å². The van der Waals surface area contributed by atoms with E-state index in [1.54, 1.807) is 0 Å². The van der Waals surface area contributed by atoms with Gasteiger partial charge in [-0.1, -0.05) is 18.2 Å². The zero-order valence-corrected chi connectivity index (χ0v) is 9.72. The quantitative estimate of drug-likeness (QED) is 0.838. The van der Waals surface area contributed by atoms with Crippen LogP contribution in [0.1, 0.15) is 12.0 Å². The Kier molecular flexibility index (Phi) is 3.80. The van der Waals surface area contributed by atoms with E-state index in [9.17, 15) is 0 Å². The summed E-state index contributed by atoms with van der Waals surface area (Å²) in [5.74, 6) is 0. The standard InChI is InChI=1S/C13H19NO2/c1-11-4-2-3-5-13(11)14-7-6-12(10-14)16-9-8-15/h2-5,12,15H,6-10H2,1H3. The third-order valence-electron chi connectivity index (χ3n) is 3.05. The maximum Gasteiger partial charge on any atom is 0.0767 e. The van der Waals surface area contributed by atoms with Crippen molar-refractivity contribution in [2.45, 2.75) is 19.4 Å². The zero-order valence-electron chi connectivity index (χ0n) is 9.72. The van der Waals surface area contributed by atoms with E-state index in [2.05, 4.69) is 36.1 Å². The van der Waals surface area contributed by atoms with Crippen molar-refractivity contribution in [3.8, 4) is 0 Å². The van der Waals surface area contributed by atoms with Crippen LogP contribution in [0.3, 0.4) is 0 Å². The van der Waals surface area contributed by atoms with Gasteiger partial charge < -0.3 is 14.7 Å². The smallest absolute Gasteiger partial charge is 0.0767 e. The molecule has 1 fully saturated rings. The van der Waals surface area contributed by atoms with Crippen LogP contribution in [-0.4, -0.2) is 37.5 Å². The van der Waals surface area contributed by atoms with Crippen molar-refractivity contribution in [1.82, 2.24) is 0 Å². The van der Waals surface area contributed by atoms with Crippen molar-refractivity contribution in [2.24, 2.45) is 0 Å². The van der Waals surface area contributed by atoms with Gasteiger partial charge in [-0.25, -0.2) is 0 Å². The number of hydrogen-bond donors (Lipinski definition) is 1. The highest BCUT2D eigenvalue weighted by Gasteiger charge is 2.23. The highest BCUT2D eigenvalue weighted by atomic mass is 16.5. The molecule has 1 aromatic carbocycles. The lowest BCUT2D eigenvalue weighted by Gasteiger charge is -2.20. The number of nitrogens with zero attached hydrogens (tertiary/aromatic N) is 1. The van der Waals surface area contributed by atoms with Gasteiger partial charge in [-0.15, -0.1) is 0 Å². The zero-order chi connectivity index (χ0) is 11.4. The molecule has 0 amide bonds. The topological polar surface area (TPSA) is 32.7 Å². The molecule has 0 bridgehead atoms. The van der Waals surface area contributed by atoms with E-state index >= 15 is 0 Å². The van der Waals surface area contributed by atoms with E-state index in [1.165, 1.54) is 11.3 Å². The number of benzene rings is 1. The summed E-state index contributed by atoms with van der Waals surface area (Å²) in [5.41, 5.74) is 2.61. The number of rotatable bonds is 4. The summed E-state index contributed by atoms with van der Waals surface area (Å²) in [6, 6.07) is 8.43. The van der Waals surface area contributed by atoms with Crippen LogP contribution in [0, 0.1) is 6.92 Å². The molecule has 1 aliphatic rings. The first kappa shape index (κ1) is 11.4. The van der Waals surface area contributed by atoms with Gasteiger partial charge in [0.05, 0.1) is 19.3 Å². The first-order valence-corrected chi connectivity index (χ1v) is 5.84. The van der Waals surface area contributed by atoms with E-state index < -0.39 is 0 Å². The Morgan fingerprint density at radius 3 is 3.00 bits per heavy atom. The predicted molar refractivity (Wildman–Crippen MR) is 64.8 cm³/mol. The fourth-order valence-electron chi connectivity index (χ4n) is 2.22. The van der Waals surface area contributed by atoms with Crippen LogP contribution in [-0.2, 0) is 4.74 Å². The third-order valence-corrected chi connectivity index (χ3v) is 3.05. The second-order valence-electron chi connectivity index (χ2n) is 4.24. The summed E-state index contributed by atoms with van der Waals surface area (Å²) < 4.78 is 5.55. The summed E-state index contributed by atoms with van der Waals surface area (Å²) in [4.78, 5) is 2.36. The highest BCUT2D eigenvalue weighted by Crippen LogP contribution is 2.24. The second kappa shape index (κ2) is 5.32. The summed E-state index contributed by atoms with van der Waals surface area (Å²) in [7, 11) is 0. The van der Waals surface area contributed by atoms with E-state index in [0.29, 0.717) is 6.61 Å². The molecular weight excluding hydrogens is 202 g/mol. The number of para-hydroxylation sites is 1. The van der Waals surface area contributed by atoms with Gasteiger partial charge in [-0.3, -0.25) is 0 Å². The third kappa shape index (κ3) is 2.54. The molecule has 0 aliphatic carbocycles. The van der Waals surface area contributed by atoms with E-state index in [4.69, 9.17) is 9.84 Å². The van der Waals surface area contributed by atoms with E-state index in [-0.39, 0.29) is 12.7 Å². The molecule has 0 aromatic heterocycles. The minimum atomic E-state index is 0.112.